The molecule has 2 aliphatic heterocycles. The molecule has 1 fully saturated rings. The number of benzene rings is 2. The first-order valence-electron chi connectivity index (χ1n) is 10.2. The number of nitrogens with zero attached hydrogens (tertiary/aromatic N) is 2. The number of aryl methyl sites for hydroxylation is 1. The van der Waals surface area contributed by atoms with E-state index in [1.54, 1.807) is 48.7 Å². The summed E-state index contributed by atoms with van der Waals surface area (Å²) in [5.41, 5.74) is 2.32. The molecule has 0 aliphatic carbocycles. The Morgan fingerprint density at radius 1 is 1.00 bits per heavy atom. The van der Waals surface area contributed by atoms with E-state index in [-0.39, 0.29) is 11.3 Å². The van der Waals surface area contributed by atoms with Crippen molar-refractivity contribution < 1.29 is 24.2 Å². The van der Waals surface area contributed by atoms with Crippen LogP contribution in [-0.4, -0.2) is 35.0 Å². The molecule has 1 amide bonds. The number of fused-ring (bicyclic) bond motifs is 1. The molecule has 0 spiro atoms. The van der Waals surface area contributed by atoms with E-state index in [0.29, 0.717) is 41.7 Å². The standard InChI is InChI=1S/C25H20N2O5/c1-15-5-4-6-17(13-15)27-22(18-7-2-3-10-26-18)21(24(29)25(27)30)23(28)16-8-9-19-20(14-16)32-12-11-31-19/h2-10,13-14,22,28H,11-12H2,1H3/b23-21-. The first kappa shape index (κ1) is 19.8. The van der Waals surface area contributed by atoms with Gasteiger partial charge in [0.15, 0.2) is 11.5 Å². The summed E-state index contributed by atoms with van der Waals surface area (Å²) in [6.45, 7) is 2.74. The summed E-state index contributed by atoms with van der Waals surface area (Å²) in [7, 11) is 0. The van der Waals surface area contributed by atoms with Gasteiger partial charge in [0.25, 0.3) is 11.7 Å². The first-order valence-corrected chi connectivity index (χ1v) is 10.2. The third-order valence-corrected chi connectivity index (χ3v) is 5.51. The minimum atomic E-state index is -0.869. The highest BCUT2D eigenvalue weighted by Gasteiger charge is 2.47. The number of hydrogen-bond donors (Lipinski definition) is 1. The summed E-state index contributed by atoms with van der Waals surface area (Å²) in [5, 5.41) is 11.2. The molecule has 0 saturated carbocycles. The van der Waals surface area contributed by atoms with Gasteiger partial charge in [0.2, 0.25) is 0 Å². The molecule has 5 rings (SSSR count). The molecular formula is C25H20N2O5. The number of carbonyl (C=O) groups is 2. The Bertz CT molecular complexity index is 1250. The molecule has 2 aromatic carbocycles. The van der Waals surface area contributed by atoms with E-state index >= 15 is 0 Å². The molecule has 160 valence electrons. The maximum absolute atomic E-state index is 13.2. The lowest BCUT2D eigenvalue weighted by molar-refractivity contribution is -0.132. The van der Waals surface area contributed by atoms with E-state index in [2.05, 4.69) is 4.98 Å². The van der Waals surface area contributed by atoms with Crippen molar-refractivity contribution in [2.75, 3.05) is 18.1 Å². The van der Waals surface area contributed by atoms with Crippen LogP contribution in [0.2, 0.25) is 0 Å². The molecule has 2 aliphatic rings. The Balaban J connectivity index is 1.69. The van der Waals surface area contributed by atoms with E-state index in [1.165, 1.54) is 4.90 Å². The van der Waals surface area contributed by atoms with Gasteiger partial charge < -0.3 is 14.6 Å². The fourth-order valence-corrected chi connectivity index (χ4v) is 4.04. The number of rotatable bonds is 3. The van der Waals surface area contributed by atoms with Gasteiger partial charge >= 0.3 is 0 Å². The third-order valence-electron chi connectivity index (χ3n) is 5.51. The van der Waals surface area contributed by atoms with Gasteiger partial charge in [0, 0.05) is 17.4 Å². The van der Waals surface area contributed by atoms with Crippen LogP contribution in [0.25, 0.3) is 5.76 Å². The van der Waals surface area contributed by atoms with Crippen LogP contribution in [0.1, 0.15) is 22.9 Å². The zero-order valence-corrected chi connectivity index (χ0v) is 17.3. The summed E-state index contributed by atoms with van der Waals surface area (Å²) in [6, 6.07) is 16.6. The number of pyridine rings is 1. The SMILES string of the molecule is Cc1cccc(N2C(=O)C(=O)/C(=C(\O)c3ccc4c(c3)OCCO4)C2c2ccccn2)c1. The van der Waals surface area contributed by atoms with E-state index < -0.39 is 17.7 Å². The van der Waals surface area contributed by atoms with Crippen LogP contribution in [-0.2, 0) is 9.59 Å². The van der Waals surface area contributed by atoms with Crippen LogP contribution in [0.3, 0.4) is 0 Å². The molecule has 1 atom stereocenters. The van der Waals surface area contributed by atoms with Gasteiger partial charge in [-0.3, -0.25) is 19.5 Å². The van der Waals surface area contributed by atoms with E-state index in [1.807, 2.05) is 25.1 Å². The molecule has 32 heavy (non-hydrogen) atoms. The lowest BCUT2D eigenvalue weighted by Crippen LogP contribution is -2.29. The van der Waals surface area contributed by atoms with Gasteiger partial charge in [0.1, 0.15) is 25.0 Å². The average molecular weight is 428 g/mol. The van der Waals surface area contributed by atoms with Gasteiger partial charge in [-0.15, -0.1) is 0 Å². The number of ether oxygens (including phenoxy) is 2. The molecule has 7 heteroatoms. The molecule has 1 aromatic heterocycles. The maximum Gasteiger partial charge on any atom is 0.300 e. The van der Waals surface area contributed by atoms with Crippen molar-refractivity contribution >= 4 is 23.1 Å². The second-order valence-corrected chi connectivity index (χ2v) is 7.62. The Labute approximate surface area is 184 Å². The largest absolute Gasteiger partial charge is 0.507 e. The highest BCUT2D eigenvalue weighted by atomic mass is 16.6. The zero-order chi connectivity index (χ0) is 22.2. The second-order valence-electron chi connectivity index (χ2n) is 7.62. The normalized spacial score (nSPS) is 19.3. The fourth-order valence-electron chi connectivity index (χ4n) is 4.04. The average Bonchev–Trinajstić information content (AvgIpc) is 3.09. The van der Waals surface area contributed by atoms with Crippen molar-refractivity contribution in [2.24, 2.45) is 0 Å². The summed E-state index contributed by atoms with van der Waals surface area (Å²) in [6.07, 6.45) is 1.59. The first-order chi connectivity index (χ1) is 15.5. The Kier molecular flexibility index (Phi) is 4.86. The molecule has 3 heterocycles. The predicted octanol–water partition coefficient (Wildman–Crippen LogP) is 3.79. The topological polar surface area (TPSA) is 89.0 Å². The number of amides is 1. The number of Topliss-reactive ketones (excluding diaryl/α,β-unsaturated/α-hetero) is 1. The number of hydrogen-bond acceptors (Lipinski definition) is 6. The fraction of sp³-hybridized carbons (Fsp3) is 0.160. The lowest BCUT2D eigenvalue weighted by atomic mass is 9.98. The molecule has 3 aromatic rings. The molecule has 7 nitrogen and oxygen atoms in total. The number of anilines is 1. The molecular weight excluding hydrogens is 408 g/mol. The maximum atomic E-state index is 13.2. The summed E-state index contributed by atoms with van der Waals surface area (Å²) >= 11 is 0. The number of aliphatic hydroxyl groups excluding tert-OH is 1. The monoisotopic (exact) mass is 428 g/mol. The molecule has 0 radical (unpaired) electrons. The third kappa shape index (κ3) is 3.28. The Morgan fingerprint density at radius 2 is 1.81 bits per heavy atom. The van der Waals surface area contributed by atoms with Crippen molar-refractivity contribution in [1.29, 1.82) is 0 Å². The highest BCUT2D eigenvalue weighted by Crippen LogP contribution is 2.42. The Morgan fingerprint density at radius 3 is 2.56 bits per heavy atom. The van der Waals surface area contributed by atoms with Crippen LogP contribution in [0.5, 0.6) is 11.5 Å². The van der Waals surface area contributed by atoms with Crippen LogP contribution in [0.15, 0.2) is 72.4 Å². The quantitative estimate of drug-likeness (QED) is 0.388. The highest BCUT2D eigenvalue weighted by molar-refractivity contribution is 6.51. The number of aliphatic hydroxyl groups is 1. The second kappa shape index (κ2) is 7.85. The van der Waals surface area contributed by atoms with Gasteiger partial charge in [-0.05, 0) is 55.0 Å². The molecule has 1 saturated heterocycles. The predicted molar refractivity (Wildman–Crippen MR) is 118 cm³/mol. The number of ketones is 1. The van der Waals surface area contributed by atoms with Gasteiger partial charge in [0.05, 0.1) is 11.3 Å². The molecule has 1 unspecified atom stereocenters. The van der Waals surface area contributed by atoms with Crippen molar-refractivity contribution in [3.05, 3.63) is 89.3 Å². The van der Waals surface area contributed by atoms with Crippen LogP contribution < -0.4 is 14.4 Å². The van der Waals surface area contributed by atoms with Crippen molar-refractivity contribution in [3.8, 4) is 11.5 Å². The molecule has 1 N–H and O–H groups in total. The van der Waals surface area contributed by atoms with E-state index in [9.17, 15) is 14.7 Å². The number of carbonyl (C=O) groups excluding carboxylic acids is 2. The summed E-state index contributed by atoms with van der Waals surface area (Å²) < 4.78 is 11.1. The zero-order valence-electron chi connectivity index (χ0n) is 17.3. The smallest absolute Gasteiger partial charge is 0.300 e. The van der Waals surface area contributed by atoms with E-state index in [0.717, 1.165) is 5.56 Å². The lowest BCUT2D eigenvalue weighted by Gasteiger charge is -2.25. The summed E-state index contributed by atoms with van der Waals surface area (Å²) in [4.78, 5) is 32.1. The van der Waals surface area contributed by atoms with Crippen LogP contribution >= 0.6 is 0 Å². The van der Waals surface area contributed by atoms with Gasteiger partial charge in [-0.2, -0.15) is 0 Å². The minimum absolute atomic E-state index is 0.0214. The Hall–Kier alpha value is -4.13. The van der Waals surface area contributed by atoms with Crippen molar-refractivity contribution in [2.45, 2.75) is 13.0 Å². The molecule has 0 bridgehead atoms. The van der Waals surface area contributed by atoms with E-state index in [4.69, 9.17) is 9.47 Å². The van der Waals surface area contributed by atoms with Crippen molar-refractivity contribution in [3.63, 3.8) is 0 Å². The minimum Gasteiger partial charge on any atom is -0.507 e. The number of aromatic nitrogens is 1. The van der Waals surface area contributed by atoms with Crippen LogP contribution in [0, 0.1) is 6.92 Å². The summed E-state index contributed by atoms with van der Waals surface area (Å²) in [5.74, 6) is -0.733. The van der Waals surface area contributed by atoms with Gasteiger partial charge in [-0.25, -0.2) is 0 Å². The van der Waals surface area contributed by atoms with Gasteiger partial charge in [-0.1, -0.05) is 18.2 Å². The van der Waals surface area contributed by atoms with Crippen molar-refractivity contribution in [1.82, 2.24) is 4.98 Å². The van der Waals surface area contributed by atoms with Crippen LogP contribution in [0.4, 0.5) is 5.69 Å².